The van der Waals surface area contributed by atoms with Crippen molar-refractivity contribution in [2.45, 2.75) is 0 Å². The molecule has 0 fully saturated rings. The second kappa shape index (κ2) is 5.34. The van der Waals surface area contributed by atoms with E-state index in [2.05, 4.69) is 8.93 Å². The van der Waals surface area contributed by atoms with Gasteiger partial charge in [-0.3, -0.25) is 0 Å². The molecule has 0 saturated carbocycles. The second-order valence-electron chi connectivity index (χ2n) is 2.69. The van der Waals surface area contributed by atoms with Gasteiger partial charge in [0.15, 0.2) is 0 Å². The summed E-state index contributed by atoms with van der Waals surface area (Å²) in [4.78, 5) is 0. The SMILES string of the molecule is CS(=O)(=O)[O][Ga]([O]S(C)(=O)=O)[O]S(C)(=O)=O. The van der Waals surface area contributed by atoms with Crippen molar-refractivity contribution in [3.8, 4) is 0 Å². The third kappa shape index (κ3) is 10.9. The number of rotatable bonds is 6. The van der Waals surface area contributed by atoms with E-state index < -0.39 is 47.7 Å². The van der Waals surface area contributed by atoms with E-state index in [-0.39, 0.29) is 0 Å². The molecule has 0 saturated heterocycles. The van der Waals surface area contributed by atoms with E-state index >= 15 is 0 Å². The van der Waals surface area contributed by atoms with Crippen LogP contribution in [0, 0.1) is 0 Å². The molecule has 16 heavy (non-hydrogen) atoms. The van der Waals surface area contributed by atoms with Crippen LogP contribution in [0.1, 0.15) is 0 Å². The van der Waals surface area contributed by atoms with E-state index in [1.807, 2.05) is 0 Å². The minimum atomic E-state index is -4.39. The normalized spacial score (nSPS) is 13.7. The summed E-state index contributed by atoms with van der Waals surface area (Å²) in [6.07, 6.45) is 1.84. The standard InChI is InChI=1S/3CH4O3S.Ga/c3*1-5(2,3)4;/h3*1H3,(H,2,3,4);/q;;;+3/p-3. The quantitative estimate of drug-likeness (QED) is 0.492. The summed E-state index contributed by atoms with van der Waals surface area (Å²) in [7, 11) is -12.2. The van der Waals surface area contributed by atoms with Gasteiger partial charge in [0.25, 0.3) is 0 Å². The van der Waals surface area contributed by atoms with Crippen molar-refractivity contribution in [1.29, 1.82) is 0 Å². The zero-order chi connectivity index (χ0) is 13.2. The monoisotopic (exact) mass is 354 g/mol. The topological polar surface area (TPSA) is 130 Å². The molecule has 96 valence electrons. The third-order valence-corrected chi connectivity index (χ3v) is 11.8. The summed E-state index contributed by atoms with van der Waals surface area (Å²) in [6, 6.07) is 0. The Hall–Kier alpha value is 0.366. The van der Waals surface area contributed by atoms with Crippen LogP contribution in [0.15, 0.2) is 0 Å². The van der Waals surface area contributed by atoms with Crippen LogP contribution < -0.4 is 0 Å². The Kier molecular flexibility index (Phi) is 5.46. The first kappa shape index (κ1) is 16.4. The van der Waals surface area contributed by atoms with Gasteiger partial charge in [-0.25, -0.2) is 0 Å². The molecule has 0 spiro atoms. The fourth-order valence-electron chi connectivity index (χ4n) is 0.476. The van der Waals surface area contributed by atoms with Crippen molar-refractivity contribution in [2.24, 2.45) is 0 Å². The Morgan fingerprint density at radius 3 is 0.938 bits per heavy atom. The number of hydrogen-bond acceptors (Lipinski definition) is 9. The fourth-order valence-corrected chi connectivity index (χ4v) is 8.92. The van der Waals surface area contributed by atoms with Crippen molar-refractivity contribution in [2.75, 3.05) is 18.8 Å². The van der Waals surface area contributed by atoms with Crippen LogP contribution in [0.5, 0.6) is 0 Å². The summed E-state index contributed by atoms with van der Waals surface area (Å²) >= 11 is -4.39. The van der Waals surface area contributed by atoms with Crippen LogP contribution in [0.2, 0.25) is 0 Å². The van der Waals surface area contributed by atoms with E-state index in [4.69, 9.17) is 0 Å². The molecule has 0 atom stereocenters. The maximum atomic E-state index is 10.7. The van der Waals surface area contributed by atoms with Gasteiger partial charge in [-0.1, -0.05) is 0 Å². The molecule has 0 amide bonds. The number of hydrogen-bond donors (Lipinski definition) is 0. The molecular weight excluding hydrogens is 346 g/mol. The summed E-state index contributed by atoms with van der Waals surface area (Å²) in [5.41, 5.74) is 0. The van der Waals surface area contributed by atoms with Crippen LogP contribution in [-0.2, 0) is 39.3 Å². The van der Waals surface area contributed by atoms with Gasteiger partial charge in [0.1, 0.15) is 0 Å². The molecule has 9 nitrogen and oxygen atoms in total. The van der Waals surface area contributed by atoms with Crippen LogP contribution in [0.3, 0.4) is 0 Å². The Morgan fingerprint density at radius 1 is 0.625 bits per heavy atom. The first-order valence-electron chi connectivity index (χ1n) is 3.43. The molecule has 0 aliphatic rings. The Morgan fingerprint density at radius 2 is 0.812 bits per heavy atom. The van der Waals surface area contributed by atoms with E-state index in [1.165, 1.54) is 0 Å². The molecule has 0 aromatic carbocycles. The van der Waals surface area contributed by atoms with Gasteiger partial charge in [0.05, 0.1) is 0 Å². The van der Waals surface area contributed by atoms with E-state index in [1.54, 1.807) is 0 Å². The molecule has 0 aliphatic heterocycles. The summed E-state index contributed by atoms with van der Waals surface area (Å²) in [5.74, 6) is 0. The van der Waals surface area contributed by atoms with Crippen LogP contribution in [0.4, 0.5) is 0 Å². The van der Waals surface area contributed by atoms with Gasteiger partial charge in [-0.05, 0) is 0 Å². The predicted octanol–water partition coefficient (Wildman–Crippen LogP) is -2.10. The zero-order valence-electron chi connectivity index (χ0n) is 8.48. The molecule has 0 aromatic rings. The molecule has 0 rings (SSSR count). The first-order chi connectivity index (χ1) is 6.79. The van der Waals surface area contributed by atoms with Gasteiger partial charge in [-0.15, -0.1) is 0 Å². The van der Waals surface area contributed by atoms with Gasteiger partial charge in [0.2, 0.25) is 0 Å². The fraction of sp³-hybridized carbons (Fsp3) is 1.00. The van der Waals surface area contributed by atoms with Crippen molar-refractivity contribution in [3.63, 3.8) is 0 Å². The van der Waals surface area contributed by atoms with Crippen LogP contribution >= 0.6 is 0 Å². The maximum absolute atomic E-state index is 10.7. The Bertz CT molecular complexity index is 446. The zero-order valence-corrected chi connectivity index (χ0v) is 13.3. The molecule has 13 heteroatoms. The molecule has 0 unspecified atom stereocenters. The summed E-state index contributed by atoms with van der Waals surface area (Å²) in [5, 5.41) is 0. The molecule has 0 radical (unpaired) electrons. The average Bonchev–Trinajstić information content (AvgIpc) is 1.70. The van der Waals surface area contributed by atoms with E-state index in [0.29, 0.717) is 18.8 Å². The van der Waals surface area contributed by atoms with Gasteiger partial charge >= 0.3 is 101 Å². The van der Waals surface area contributed by atoms with Gasteiger partial charge < -0.3 is 0 Å². The van der Waals surface area contributed by atoms with Crippen molar-refractivity contribution >= 4 is 47.7 Å². The van der Waals surface area contributed by atoms with Crippen LogP contribution in [0.25, 0.3) is 0 Å². The second-order valence-corrected chi connectivity index (χ2v) is 12.3. The molecule has 0 N–H and O–H groups in total. The van der Waals surface area contributed by atoms with Crippen molar-refractivity contribution in [3.05, 3.63) is 0 Å². The van der Waals surface area contributed by atoms with Crippen molar-refractivity contribution < 1.29 is 34.2 Å². The Balaban J connectivity index is 4.93. The molecular formula is C3H9GaO9S3. The van der Waals surface area contributed by atoms with E-state index in [0.717, 1.165) is 0 Å². The molecule has 0 aromatic heterocycles. The minimum absolute atomic E-state index is 0.614. The van der Waals surface area contributed by atoms with Gasteiger partial charge in [-0.2, -0.15) is 0 Å². The Labute approximate surface area is 100 Å². The summed E-state index contributed by atoms with van der Waals surface area (Å²) in [6.45, 7) is 0. The average molecular weight is 355 g/mol. The predicted molar refractivity (Wildman–Crippen MR) is 53.5 cm³/mol. The van der Waals surface area contributed by atoms with Gasteiger partial charge in [0, 0.05) is 0 Å². The first-order valence-corrected chi connectivity index (χ1v) is 11.8. The van der Waals surface area contributed by atoms with Crippen LogP contribution in [-0.4, -0.2) is 61.3 Å². The molecule has 0 bridgehead atoms. The molecule has 0 aliphatic carbocycles. The summed E-state index contributed by atoms with van der Waals surface area (Å²) < 4.78 is 76.6. The van der Waals surface area contributed by atoms with E-state index in [9.17, 15) is 25.3 Å². The molecule has 0 heterocycles. The third-order valence-electron chi connectivity index (χ3n) is 0.760. The van der Waals surface area contributed by atoms with Crippen molar-refractivity contribution in [1.82, 2.24) is 0 Å².